The normalized spacial score (nSPS) is 13.8. The SMILES string of the molecule is CC(=O)Nc1cccc(Nc2ncnc(N3CCN(c4cccc(C)c4)CC3)n2)c1C. The maximum absolute atomic E-state index is 11.4. The number of anilines is 5. The summed E-state index contributed by atoms with van der Waals surface area (Å²) in [5.41, 5.74) is 5.05. The second-order valence-corrected chi connectivity index (χ2v) is 7.71. The van der Waals surface area contributed by atoms with E-state index in [0.29, 0.717) is 11.9 Å². The maximum Gasteiger partial charge on any atom is 0.232 e. The zero-order chi connectivity index (χ0) is 21.8. The van der Waals surface area contributed by atoms with Crippen LogP contribution in [0.2, 0.25) is 0 Å². The van der Waals surface area contributed by atoms with E-state index in [1.54, 1.807) is 0 Å². The fourth-order valence-electron chi connectivity index (χ4n) is 3.71. The first-order valence-corrected chi connectivity index (χ1v) is 10.4. The molecule has 1 amide bonds. The lowest BCUT2D eigenvalue weighted by Gasteiger charge is -2.36. The number of nitrogens with one attached hydrogen (secondary N) is 2. The zero-order valence-electron chi connectivity index (χ0n) is 18.1. The molecule has 3 aromatic rings. The Balaban J connectivity index is 1.44. The smallest absolute Gasteiger partial charge is 0.232 e. The second kappa shape index (κ2) is 8.99. The van der Waals surface area contributed by atoms with Gasteiger partial charge in [-0.25, -0.2) is 9.97 Å². The van der Waals surface area contributed by atoms with Gasteiger partial charge in [0.1, 0.15) is 6.33 Å². The molecule has 160 valence electrons. The summed E-state index contributed by atoms with van der Waals surface area (Å²) in [4.78, 5) is 29.3. The van der Waals surface area contributed by atoms with Gasteiger partial charge in [-0.2, -0.15) is 4.98 Å². The van der Waals surface area contributed by atoms with E-state index in [0.717, 1.165) is 43.1 Å². The molecule has 0 bridgehead atoms. The Labute approximate surface area is 182 Å². The third kappa shape index (κ3) is 4.91. The average Bonchev–Trinajstić information content (AvgIpc) is 2.77. The van der Waals surface area contributed by atoms with E-state index < -0.39 is 0 Å². The molecule has 2 heterocycles. The highest BCUT2D eigenvalue weighted by Crippen LogP contribution is 2.26. The van der Waals surface area contributed by atoms with Gasteiger partial charge in [0, 0.05) is 50.2 Å². The van der Waals surface area contributed by atoms with E-state index in [2.05, 4.69) is 66.6 Å². The number of amides is 1. The maximum atomic E-state index is 11.4. The van der Waals surface area contributed by atoms with E-state index in [-0.39, 0.29) is 5.91 Å². The Kier molecular flexibility index (Phi) is 5.97. The van der Waals surface area contributed by atoms with Gasteiger partial charge in [-0.3, -0.25) is 4.79 Å². The number of aryl methyl sites for hydroxylation is 1. The molecule has 2 aromatic carbocycles. The lowest BCUT2D eigenvalue weighted by molar-refractivity contribution is -0.114. The van der Waals surface area contributed by atoms with Crippen LogP contribution in [0.25, 0.3) is 0 Å². The minimum absolute atomic E-state index is 0.104. The third-order valence-corrected chi connectivity index (χ3v) is 5.38. The van der Waals surface area contributed by atoms with Gasteiger partial charge in [0.2, 0.25) is 17.8 Å². The van der Waals surface area contributed by atoms with Crippen molar-refractivity contribution in [2.24, 2.45) is 0 Å². The van der Waals surface area contributed by atoms with Crippen LogP contribution in [0, 0.1) is 13.8 Å². The summed E-state index contributed by atoms with van der Waals surface area (Å²) >= 11 is 0. The number of carbonyl (C=O) groups excluding carboxylic acids is 1. The van der Waals surface area contributed by atoms with Crippen molar-refractivity contribution in [1.29, 1.82) is 0 Å². The molecular weight excluding hydrogens is 390 g/mol. The van der Waals surface area contributed by atoms with Crippen LogP contribution in [0.1, 0.15) is 18.1 Å². The van der Waals surface area contributed by atoms with Gasteiger partial charge in [-0.15, -0.1) is 0 Å². The molecule has 31 heavy (non-hydrogen) atoms. The van der Waals surface area contributed by atoms with Crippen molar-refractivity contribution in [3.05, 3.63) is 59.9 Å². The van der Waals surface area contributed by atoms with Crippen molar-refractivity contribution >= 4 is 34.9 Å². The highest BCUT2D eigenvalue weighted by molar-refractivity contribution is 5.90. The third-order valence-electron chi connectivity index (χ3n) is 5.38. The average molecular weight is 418 g/mol. The molecule has 0 atom stereocenters. The van der Waals surface area contributed by atoms with Crippen molar-refractivity contribution in [3.63, 3.8) is 0 Å². The van der Waals surface area contributed by atoms with Crippen LogP contribution in [-0.2, 0) is 4.79 Å². The summed E-state index contributed by atoms with van der Waals surface area (Å²) < 4.78 is 0. The fourth-order valence-corrected chi connectivity index (χ4v) is 3.71. The summed E-state index contributed by atoms with van der Waals surface area (Å²) in [6.45, 7) is 9.07. The Bertz CT molecular complexity index is 1080. The molecule has 0 unspecified atom stereocenters. The van der Waals surface area contributed by atoms with Crippen LogP contribution >= 0.6 is 0 Å². The molecule has 0 aliphatic carbocycles. The first-order chi connectivity index (χ1) is 15.0. The minimum Gasteiger partial charge on any atom is -0.368 e. The number of hydrogen-bond acceptors (Lipinski definition) is 7. The molecule has 1 aromatic heterocycles. The van der Waals surface area contributed by atoms with Crippen LogP contribution in [0.4, 0.5) is 29.0 Å². The first kappa shape index (κ1) is 20.6. The molecule has 0 radical (unpaired) electrons. The van der Waals surface area contributed by atoms with Crippen molar-refractivity contribution < 1.29 is 4.79 Å². The Morgan fingerprint density at radius 3 is 2.39 bits per heavy atom. The van der Waals surface area contributed by atoms with Crippen LogP contribution in [0.15, 0.2) is 48.8 Å². The fraction of sp³-hybridized carbons (Fsp3) is 0.304. The van der Waals surface area contributed by atoms with E-state index >= 15 is 0 Å². The number of rotatable bonds is 5. The van der Waals surface area contributed by atoms with Crippen molar-refractivity contribution in [1.82, 2.24) is 15.0 Å². The Morgan fingerprint density at radius 2 is 1.65 bits per heavy atom. The lowest BCUT2D eigenvalue weighted by Crippen LogP contribution is -2.47. The summed E-state index contributed by atoms with van der Waals surface area (Å²) in [6, 6.07) is 14.3. The topological polar surface area (TPSA) is 86.3 Å². The second-order valence-electron chi connectivity index (χ2n) is 7.71. The number of carbonyl (C=O) groups is 1. The molecule has 4 rings (SSSR count). The molecule has 8 nitrogen and oxygen atoms in total. The predicted octanol–water partition coefficient (Wildman–Crippen LogP) is 3.52. The number of piperazine rings is 1. The quantitative estimate of drug-likeness (QED) is 0.657. The van der Waals surface area contributed by atoms with Gasteiger partial charge in [0.05, 0.1) is 0 Å². The summed E-state index contributed by atoms with van der Waals surface area (Å²) in [7, 11) is 0. The van der Waals surface area contributed by atoms with E-state index in [4.69, 9.17) is 0 Å². The number of aromatic nitrogens is 3. The number of benzene rings is 2. The van der Waals surface area contributed by atoms with Crippen LogP contribution in [0.5, 0.6) is 0 Å². The van der Waals surface area contributed by atoms with Crippen LogP contribution in [0.3, 0.4) is 0 Å². The monoisotopic (exact) mass is 417 g/mol. The van der Waals surface area contributed by atoms with E-state index in [1.807, 2.05) is 25.1 Å². The van der Waals surface area contributed by atoms with Gasteiger partial charge in [0.15, 0.2) is 0 Å². The molecule has 1 aliphatic heterocycles. The minimum atomic E-state index is -0.104. The lowest BCUT2D eigenvalue weighted by atomic mass is 10.1. The van der Waals surface area contributed by atoms with Crippen LogP contribution in [-0.4, -0.2) is 47.0 Å². The van der Waals surface area contributed by atoms with Gasteiger partial charge in [-0.1, -0.05) is 18.2 Å². The van der Waals surface area contributed by atoms with E-state index in [9.17, 15) is 4.79 Å². The standard InChI is InChI=1S/C23H27N7O/c1-16-6-4-7-19(14-16)29-10-12-30(13-11-29)23-25-15-24-22(28-23)27-21-9-5-8-20(17(21)2)26-18(3)31/h4-9,14-15H,10-13H2,1-3H3,(H,26,31)(H,24,25,27,28). The highest BCUT2D eigenvalue weighted by atomic mass is 16.1. The van der Waals surface area contributed by atoms with Crippen LogP contribution < -0.4 is 20.4 Å². The van der Waals surface area contributed by atoms with Gasteiger partial charge >= 0.3 is 0 Å². The Hall–Kier alpha value is -3.68. The summed E-state index contributed by atoms with van der Waals surface area (Å²) in [5, 5.41) is 6.09. The number of hydrogen-bond donors (Lipinski definition) is 2. The zero-order valence-corrected chi connectivity index (χ0v) is 18.1. The molecule has 1 aliphatic rings. The predicted molar refractivity (Wildman–Crippen MR) is 124 cm³/mol. The highest BCUT2D eigenvalue weighted by Gasteiger charge is 2.20. The molecular formula is C23H27N7O. The number of nitrogens with zero attached hydrogens (tertiary/aromatic N) is 5. The summed E-state index contributed by atoms with van der Waals surface area (Å²) in [5.74, 6) is 1.04. The summed E-state index contributed by atoms with van der Waals surface area (Å²) in [6.07, 6.45) is 1.53. The van der Waals surface area contributed by atoms with Gasteiger partial charge in [-0.05, 0) is 49.2 Å². The van der Waals surface area contributed by atoms with Gasteiger partial charge < -0.3 is 20.4 Å². The van der Waals surface area contributed by atoms with E-state index in [1.165, 1.54) is 24.5 Å². The molecule has 2 N–H and O–H groups in total. The molecule has 1 fully saturated rings. The molecule has 0 saturated carbocycles. The van der Waals surface area contributed by atoms with Crippen molar-refractivity contribution in [2.45, 2.75) is 20.8 Å². The molecule has 1 saturated heterocycles. The largest absolute Gasteiger partial charge is 0.368 e. The Morgan fingerprint density at radius 1 is 0.935 bits per heavy atom. The van der Waals surface area contributed by atoms with Crippen molar-refractivity contribution in [2.75, 3.05) is 46.6 Å². The molecule has 0 spiro atoms. The van der Waals surface area contributed by atoms with Crippen molar-refractivity contribution in [3.8, 4) is 0 Å². The molecule has 8 heteroatoms. The first-order valence-electron chi connectivity index (χ1n) is 10.4. The van der Waals surface area contributed by atoms with Gasteiger partial charge in [0.25, 0.3) is 0 Å².